The van der Waals surface area contributed by atoms with Crippen LogP contribution in [0.1, 0.15) is 38.2 Å². The van der Waals surface area contributed by atoms with Gasteiger partial charge in [-0.15, -0.1) is 0 Å². The van der Waals surface area contributed by atoms with E-state index in [1.807, 2.05) is 66.4 Å². The van der Waals surface area contributed by atoms with Crippen LogP contribution in [0.25, 0.3) is 0 Å². The third-order valence-electron chi connectivity index (χ3n) is 5.18. The van der Waals surface area contributed by atoms with Crippen molar-refractivity contribution in [3.8, 4) is 0 Å². The second-order valence-corrected chi connectivity index (χ2v) is 8.85. The molecule has 1 aliphatic heterocycles. The first-order valence-electron chi connectivity index (χ1n) is 10.2. The average molecular weight is 413 g/mol. The predicted octanol–water partition coefficient (Wildman–Crippen LogP) is 3.97. The van der Waals surface area contributed by atoms with Crippen molar-refractivity contribution >= 4 is 28.3 Å². The van der Waals surface area contributed by atoms with Gasteiger partial charge in [0.05, 0.1) is 16.6 Å². The standard InChI is InChI=1S/C23H28N2O3S/c1-2-7-22(26)25-14-12-19(13-15-25)23(27)24-20-9-6-8-18(16-20)17-29(28)21-10-4-3-5-11-21/h3-6,8-11,16,19H,2,7,12-15,17H2,1H3,(H,24,27). The zero-order chi connectivity index (χ0) is 20.6. The van der Waals surface area contributed by atoms with Crippen molar-refractivity contribution in [1.29, 1.82) is 0 Å². The number of amides is 2. The molecule has 1 atom stereocenters. The van der Waals surface area contributed by atoms with Crippen molar-refractivity contribution in [2.45, 2.75) is 43.3 Å². The lowest BCUT2D eigenvalue weighted by Crippen LogP contribution is -2.41. The Kier molecular flexibility index (Phi) is 7.58. The molecule has 1 saturated heterocycles. The van der Waals surface area contributed by atoms with Gasteiger partial charge in [-0.05, 0) is 49.1 Å². The molecule has 2 aromatic rings. The molecule has 1 aliphatic rings. The van der Waals surface area contributed by atoms with Crippen LogP contribution in [0.3, 0.4) is 0 Å². The van der Waals surface area contributed by atoms with Crippen LogP contribution in [0.15, 0.2) is 59.5 Å². The summed E-state index contributed by atoms with van der Waals surface area (Å²) in [7, 11) is -1.12. The molecule has 2 aromatic carbocycles. The molecule has 2 amide bonds. The van der Waals surface area contributed by atoms with Crippen LogP contribution in [0.2, 0.25) is 0 Å². The highest BCUT2D eigenvalue weighted by atomic mass is 32.2. The van der Waals surface area contributed by atoms with Gasteiger partial charge in [0.15, 0.2) is 0 Å². The number of carbonyl (C=O) groups excluding carboxylic acids is 2. The summed E-state index contributed by atoms with van der Waals surface area (Å²) in [5, 5.41) is 2.99. The summed E-state index contributed by atoms with van der Waals surface area (Å²) in [5.74, 6) is 0.508. The molecule has 0 spiro atoms. The molecule has 0 radical (unpaired) electrons. The van der Waals surface area contributed by atoms with E-state index in [2.05, 4.69) is 5.32 Å². The molecule has 154 valence electrons. The first-order valence-corrected chi connectivity index (χ1v) is 11.5. The molecule has 1 N–H and O–H groups in total. The van der Waals surface area contributed by atoms with Gasteiger partial charge < -0.3 is 10.2 Å². The van der Waals surface area contributed by atoms with E-state index >= 15 is 0 Å². The van der Waals surface area contributed by atoms with Gasteiger partial charge in [0.2, 0.25) is 11.8 Å². The summed E-state index contributed by atoms with van der Waals surface area (Å²) >= 11 is 0. The van der Waals surface area contributed by atoms with Crippen LogP contribution >= 0.6 is 0 Å². The minimum Gasteiger partial charge on any atom is -0.343 e. The van der Waals surface area contributed by atoms with E-state index in [9.17, 15) is 13.8 Å². The second-order valence-electron chi connectivity index (χ2n) is 7.40. The maximum Gasteiger partial charge on any atom is 0.227 e. The highest BCUT2D eigenvalue weighted by Crippen LogP contribution is 2.21. The van der Waals surface area contributed by atoms with E-state index < -0.39 is 10.8 Å². The molecule has 3 rings (SSSR count). The first kappa shape index (κ1) is 21.2. The average Bonchev–Trinajstić information content (AvgIpc) is 2.75. The van der Waals surface area contributed by atoms with Gasteiger partial charge in [-0.1, -0.05) is 37.3 Å². The Labute approximate surface area is 175 Å². The van der Waals surface area contributed by atoms with E-state index in [1.54, 1.807) is 0 Å². The maximum atomic E-state index is 12.7. The molecule has 0 aliphatic carbocycles. The summed E-state index contributed by atoms with van der Waals surface area (Å²) in [6, 6.07) is 16.9. The molecule has 6 heteroatoms. The third kappa shape index (κ3) is 6.00. The Morgan fingerprint density at radius 1 is 1.07 bits per heavy atom. The molecule has 0 saturated carbocycles. The Morgan fingerprint density at radius 3 is 2.48 bits per heavy atom. The summed E-state index contributed by atoms with van der Waals surface area (Å²) in [6.45, 7) is 3.29. The summed E-state index contributed by atoms with van der Waals surface area (Å²) in [4.78, 5) is 27.3. The van der Waals surface area contributed by atoms with E-state index in [1.165, 1.54) is 0 Å². The number of nitrogens with one attached hydrogen (secondary N) is 1. The van der Waals surface area contributed by atoms with Crippen molar-refractivity contribution in [3.63, 3.8) is 0 Å². The minimum absolute atomic E-state index is 0.00563. The van der Waals surface area contributed by atoms with Crippen molar-refractivity contribution in [2.24, 2.45) is 5.92 Å². The molecular formula is C23H28N2O3S. The molecule has 1 unspecified atom stereocenters. The van der Waals surface area contributed by atoms with Crippen LogP contribution in [0, 0.1) is 5.92 Å². The number of benzene rings is 2. The van der Waals surface area contributed by atoms with Gasteiger partial charge in [0, 0.05) is 36.0 Å². The van der Waals surface area contributed by atoms with Gasteiger partial charge in [0.25, 0.3) is 0 Å². The molecular weight excluding hydrogens is 384 g/mol. The SMILES string of the molecule is CCCC(=O)N1CCC(C(=O)Nc2cccc(CS(=O)c3ccccc3)c2)CC1. The second kappa shape index (κ2) is 10.3. The Balaban J connectivity index is 1.54. The maximum absolute atomic E-state index is 12.7. The molecule has 5 nitrogen and oxygen atoms in total. The van der Waals surface area contributed by atoms with E-state index in [0.29, 0.717) is 38.1 Å². The minimum atomic E-state index is -1.12. The monoisotopic (exact) mass is 412 g/mol. The van der Waals surface area contributed by atoms with Crippen LogP contribution in [0.5, 0.6) is 0 Å². The summed E-state index contributed by atoms with van der Waals surface area (Å²) < 4.78 is 12.5. The van der Waals surface area contributed by atoms with Crippen LogP contribution in [-0.4, -0.2) is 34.0 Å². The smallest absolute Gasteiger partial charge is 0.227 e. The zero-order valence-corrected chi connectivity index (χ0v) is 17.6. The van der Waals surface area contributed by atoms with E-state index in [-0.39, 0.29) is 17.7 Å². The zero-order valence-electron chi connectivity index (χ0n) is 16.8. The van der Waals surface area contributed by atoms with Gasteiger partial charge in [-0.25, -0.2) is 0 Å². The summed E-state index contributed by atoms with van der Waals surface area (Å²) in [5.41, 5.74) is 1.65. The number of piperidine rings is 1. The fourth-order valence-electron chi connectivity index (χ4n) is 3.55. The van der Waals surface area contributed by atoms with Crippen LogP contribution < -0.4 is 5.32 Å². The fourth-order valence-corrected chi connectivity index (χ4v) is 4.66. The fraction of sp³-hybridized carbons (Fsp3) is 0.391. The summed E-state index contributed by atoms with van der Waals surface area (Å²) in [6.07, 6.45) is 2.82. The Morgan fingerprint density at radius 2 is 1.79 bits per heavy atom. The predicted molar refractivity (Wildman–Crippen MR) is 116 cm³/mol. The first-order chi connectivity index (χ1) is 14.1. The Bertz CT molecular complexity index is 861. The number of likely N-dealkylation sites (tertiary alicyclic amines) is 1. The van der Waals surface area contributed by atoms with E-state index in [0.717, 1.165) is 22.6 Å². The van der Waals surface area contributed by atoms with Gasteiger partial charge in [-0.2, -0.15) is 0 Å². The van der Waals surface area contributed by atoms with Gasteiger partial charge in [-0.3, -0.25) is 13.8 Å². The van der Waals surface area contributed by atoms with Crippen LogP contribution in [-0.2, 0) is 26.1 Å². The number of anilines is 1. The number of hydrogen-bond donors (Lipinski definition) is 1. The highest BCUT2D eigenvalue weighted by Gasteiger charge is 2.27. The van der Waals surface area contributed by atoms with Crippen molar-refractivity contribution in [3.05, 3.63) is 60.2 Å². The number of nitrogens with zero attached hydrogens (tertiary/aromatic N) is 1. The topological polar surface area (TPSA) is 66.5 Å². The van der Waals surface area contributed by atoms with Crippen LogP contribution in [0.4, 0.5) is 5.69 Å². The van der Waals surface area contributed by atoms with Gasteiger partial charge >= 0.3 is 0 Å². The third-order valence-corrected chi connectivity index (χ3v) is 6.57. The molecule has 0 aromatic heterocycles. The number of rotatable bonds is 7. The number of hydrogen-bond acceptors (Lipinski definition) is 3. The lowest BCUT2D eigenvalue weighted by Gasteiger charge is -2.31. The molecule has 1 heterocycles. The van der Waals surface area contributed by atoms with Crippen molar-refractivity contribution in [1.82, 2.24) is 4.90 Å². The molecule has 0 bridgehead atoms. The largest absolute Gasteiger partial charge is 0.343 e. The van der Waals surface area contributed by atoms with Crippen molar-refractivity contribution < 1.29 is 13.8 Å². The molecule has 1 fully saturated rings. The van der Waals surface area contributed by atoms with Crippen molar-refractivity contribution in [2.75, 3.05) is 18.4 Å². The lowest BCUT2D eigenvalue weighted by atomic mass is 9.95. The number of carbonyl (C=O) groups is 2. The molecule has 29 heavy (non-hydrogen) atoms. The van der Waals surface area contributed by atoms with Gasteiger partial charge in [0.1, 0.15) is 0 Å². The highest BCUT2D eigenvalue weighted by molar-refractivity contribution is 7.84. The van der Waals surface area contributed by atoms with E-state index in [4.69, 9.17) is 0 Å². The normalized spacial score (nSPS) is 15.7. The lowest BCUT2D eigenvalue weighted by molar-refractivity contribution is -0.134. The Hall–Kier alpha value is -2.47. The quantitative estimate of drug-likeness (QED) is 0.748.